The molecule has 0 bridgehead atoms. The third-order valence-electron chi connectivity index (χ3n) is 2.31. The van der Waals surface area contributed by atoms with Crippen LogP contribution in [0.2, 0.25) is 5.02 Å². The van der Waals surface area contributed by atoms with Crippen LogP contribution in [0.5, 0.6) is 0 Å². The lowest BCUT2D eigenvalue weighted by molar-refractivity contribution is 0.598. The first kappa shape index (κ1) is 14.8. The highest BCUT2D eigenvalue weighted by Gasteiger charge is 2.21. The van der Waals surface area contributed by atoms with E-state index in [0.29, 0.717) is 8.66 Å². The summed E-state index contributed by atoms with van der Waals surface area (Å²) in [6.45, 7) is 1.68. The molecule has 0 radical (unpaired) electrons. The van der Waals surface area contributed by atoms with Crippen LogP contribution in [0.4, 0.5) is 10.1 Å². The van der Waals surface area contributed by atoms with E-state index < -0.39 is 15.8 Å². The number of benzene rings is 1. The fourth-order valence-corrected chi connectivity index (χ4v) is 5.11. The zero-order valence-electron chi connectivity index (χ0n) is 9.58. The standard InChI is InChI=1S/C11H8BrClFNO2S2/c1-6-10(5-11(12)18-6)19(16,17)15-9-3-2-7(13)4-8(9)14/h2-5,15H,1H3. The van der Waals surface area contributed by atoms with E-state index in [4.69, 9.17) is 11.6 Å². The smallest absolute Gasteiger partial charge is 0.263 e. The highest BCUT2D eigenvalue weighted by molar-refractivity contribution is 9.11. The molecule has 0 saturated heterocycles. The molecule has 102 valence electrons. The Balaban J connectivity index is 2.39. The number of anilines is 1. The summed E-state index contributed by atoms with van der Waals surface area (Å²) >= 11 is 10.1. The van der Waals surface area contributed by atoms with Gasteiger partial charge in [-0.2, -0.15) is 0 Å². The van der Waals surface area contributed by atoms with Crippen LogP contribution in [-0.4, -0.2) is 8.42 Å². The van der Waals surface area contributed by atoms with Crippen molar-refractivity contribution in [2.24, 2.45) is 0 Å². The van der Waals surface area contributed by atoms with Crippen LogP contribution >= 0.6 is 38.9 Å². The summed E-state index contributed by atoms with van der Waals surface area (Å²) in [5.74, 6) is -0.719. The summed E-state index contributed by atoms with van der Waals surface area (Å²) in [6, 6.07) is 5.23. The zero-order valence-corrected chi connectivity index (χ0v) is 13.6. The van der Waals surface area contributed by atoms with Crippen LogP contribution in [0.3, 0.4) is 0 Å². The molecule has 0 aliphatic carbocycles. The minimum atomic E-state index is -3.81. The van der Waals surface area contributed by atoms with Gasteiger partial charge < -0.3 is 0 Å². The van der Waals surface area contributed by atoms with Crippen molar-refractivity contribution >= 4 is 54.6 Å². The second-order valence-corrected chi connectivity index (χ2v) is 8.42. The topological polar surface area (TPSA) is 46.2 Å². The molecule has 0 amide bonds. The Morgan fingerprint density at radius 1 is 1.37 bits per heavy atom. The van der Waals surface area contributed by atoms with E-state index in [1.165, 1.54) is 29.5 Å². The number of hydrogen-bond donors (Lipinski definition) is 1. The van der Waals surface area contributed by atoms with E-state index in [2.05, 4.69) is 20.7 Å². The Labute approximate surface area is 127 Å². The summed E-state index contributed by atoms with van der Waals surface area (Å²) in [4.78, 5) is 0.743. The average molecular weight is 385 g/mol. The van der Waals surface area contributed by atoms with Gasteiger partial charge in [-0.1, -0.05) is 11.6 Å². The van der Waals surface area contributed by atoms with E-state index in [-0.39, 0.29) is 15.6 Å². The van der Waals surface area contributed by atoms with Crippen molar-refractivity contribution in [1.29, 1.82) is 0 Å². The normalized spacial score (nSPS) is 11.6. The number of hydrogen-bond acceptors (Lipinski definition) is 3. The van der Waals surface area contributed by atoms with Crippen LogP contribution in [0.15, 0.2) is 32.9 Å². The Bertz CT molecular complexity index is 730. The predicted molar refractivity (Wildman–Crippen MR) is 79.0 cm³/mol. The van der Waals surface area contributed by atoms with Crippen molar-refractivity contribution < 1.29 is 12.8 Å². The van der Waals surface area contributed by atoms with Gasteiger partial charge in [0.15, 0.2) is 0 Å². The summed E-state index contributed by atoms with van der Waals surface area (Å²) in [7, 11) is -3.81. The molecular weight excluding hydrogens is 377 g/mol. The largest absolute Gasteiger partial charge is 0.277 e. The van der Waals surface area contributed by atoms with Gasteiger partial charge >= 0.3 is 0 Å². The van der Waals surface area contributed by atoms with Gasteiger partial charge in [0, 0.05) is 9.90 Å². The van der Waals surface area contributed by atoms with Crippen molar-refractivity contribution in [2.75, 3.05) is 4.72 Å². The molecule has 2 rings (SSSR count). The lowest BCUT2D eigenvalue weighted by Gasteiger charge is -2.08. The molecule has 0 saturated carbocycles. The molecule has 19 heavy (non-hydrogen) atoms. The number of sulfonamides is 1. The highest BCUT2D eigenvalue weighted by Crippen LogP contribution is 2.31. The van der Waals surface area contributed by atoms with Crippen molar-refractivity contribution in [3.8, 4) is 0 Å². The van der Waals surface area contributed by atoms with Crippen molar-refractivity contribution in [3.63, 3.8) is 0 Å². The van der Waals surface area contributed by atoms with Crippen molar-refractivity contribution in [2.45, 2.75) is 11.8 Å². The fraction of sp³-hybridized carbons (Fsp3) is 0.0909. The Morgan fingerprint density at radius 3 is 2.58 bits per heavy atom. The van der Waals surface area contributed by atoms with Gasteiger partial charge in [0.05, 0.1) is 9.47 Å². The molecule has 1 heterocycles. The molecule has 2 aromatic rings. The molecule has 8 heteroatoms. The number of thiophene rings is 1. The molecule has 0 aliphatic rings. The molecule has 1 N–H and O–H groups in total. The molecule has 0 aliphatic heterocycles. The molecule has 0 fully saturated rings. The Kier molecular flexibility index (Phi) is 4.20. The third kappa shape index (κ3) is 3.28. The molecule has 0 atom stereocenters. The predicted octanol–water partition coefficient (Wildman–Crippen LogP) is 4.41. The van der Waals surface area contributed by atoms with Gasteiger partial charge in [-0.25, -0.2) is 12.8 Å². The van der Waals surface area contributed by atoms with E-state index >= 15 is 0 Å². The van der Waals surface area contributed by atoms with E-state index in [0.717, 1.165) is 6.07 Å². The fourth-order valence-electron chi connectivity index (χ4n) is 1.47. The van der Waals surface area contributed by atoms with Gasteiger partial charge in [0.2, 0.25) is 0 Å². The third-order valence-corrected chi connectivity index (χ3v) is 5.72. The quantitative estimate of drug-likeness (QED) is 0.852. The first-order valence-corrected chi connectivity index (χ1v) is 8.50. The highest BCUT2D eigenvalue weighted by atomic mass is 79.9. The average Bonchev–Trinajstić information content (AvgIpc) is 2.63. The van der Waals surface area contributed by atoms with Crippen LogP contribution in [0.1, 0.15) is 4.88 Å². The Hall–Kier alpha value is -0.630. The van der Waals surface area contributed by atoms with Crippen LogP contribution in [-0.2, 0) is 10.0 Å². The van der Waals surface area contributed by atoms with E-state index in [1.807, 2.05) is 0 Å². The number of aryl methyl sites for hydroxylation is 1. The minimum absolute atomic E-state index is 0.124. The Morgan fingerprint density at radius 2 is 2.05 bits per heavy atom. The molecule has 3 nitrogen and oxygen atoms in total. The lowest BCUT2D eigenvalue weighted by atomic mass is 10.3. The monoisotopic (exact) mass is 383 g/mol. The molecule has 0 spiro atoms. The van der Waals surface area contributed by atoms with Crippen LogP contribution in [0.25, 0.3) is 0 Å². The lowest BCUT2D eigenvalue weighted by Crippen LogP contribution is -2.14. The number of nitrogens with one attached hydrogen (secondary N) is 1. The van der Waals surface area contributed by atoms with Crippen molar-refractivity contribution in [1.82, 2.24) is 0 Å². The van der Waals surface area contributed by atoms with E-state index in [1.54, 1.807) is 6.92 Å². The zero-order chi connectivity index (χ0) is 14.2. The summed E-state index contributed by atoms with van der Waals surface area (Å²) in [5.41, 5.74) is -0.133. The van der Waals surface area contributed by atoms with Crippen molar-refractivity contribution in [3.05, 3.63) is 43.8 Å². The maximum atomic E-state index is 13.6. The van der Waals surface area contributed by atoms with Gasteiger partial charge in [0.25, 0.3) is 10.0 Å². The second-order valence-electron chi connectivity index (χ2n) is 3.70. The molecule has 0 unspecified atom stereocenters. The maximum Gasteiger partial charge on any atom is 0.263 e. The van der Waals surface area contributed by atoms with Gasteiger partial charge in [-0.15, -0.1) is 11.3 Å². The van der Waals surface area contributed by atoms with E-state index in [9.17, 15) is 12.8 Å². The summed E-state index contributed by atoms with van der Waals surface area (Å²) < 4.78 is 40.8. The molecule has 1 aromatic carbocycles. The van der Waals surface area contributed by atoms with Crippen LogP contribution in [0, 0.1) is 12.7 Å². The van der Waals surface area contributed by atoms with Gasteiger partial charge in [0.1, 0.15) is 10.7 Å². The second kappa shape index (κ2) is 5.40. The summed E-state index contributed by atoms with van der Waals surface area (Å²) in [6.07, 6.45) is 0. The van der Waals surface area contributed by atoms with Gasteiger partial charge in [-0.3, -0.25) is 4.72 Å². The van der Waals surface area contributed by atoms with Gasteiger partial charge in [-0.05, 0) is 47.1 Å². The maximum absolute atomic E-state index is 13.6. The molecule has 1 aromatic heterocycles. The SMILES string of the molecule is Cc1sc(Br)cc1S(=O)(=O)Nc1ccc(Cl)cc1F. The summed E-state index contributed by atoms with van der Waals surface area (Å²) in [5, 5.41) is 0.204. The number of halogens is 3. The minimum Gasteiger partial charge on any atom is -0.277 e. The first-order chi connectivity index (χ1) is 8.79. The number of rotatable bonds is 3. The molecular formula is C11H8BrClFNO2S2. The van der Waals surface area contributed by atoms with Crippen LogP contribution < -0.4 is 4.72 Å². The first-order valence-electron chi connectivity index (χ1n) is 5.03.